The molecule has 0 radical (unpaired) electrons. The Bertz CT molecular complexity index is 342. The fourth-order valence-corrected chi connectivity index (χ4v) is 4.29. The van der Waals surface area contributed by atoms with Gasteiger partial charge in [-0.25, -0.2) is 0 Å². The van der Waals surface area contributed by atoms with E-state index in [9.17, 15) is 17.5 Å². The van der Waals surface area contributed by atoms with Crippen molar-refractivity contribution < 1.29 is 76.6 Å². The van der Waals surface area contributed by atoms with Crippen molar-refractivity contribution in [2.45, 2.75) is 142 Å². The molecule has 0 bridgehead atoms. The van der Waals surface area contributed by atoms with Crippen molar-refractivity contribution in [3.05, 3.63) is 0 Å². The third-order valence-corrected chi connectivity index (χ3v) is 6.57. The fraction of sp³-hybridized carbons (Fsp3) is 1.00. The van der Waals surface area contributed by atoms with Crippen LogP contribution in [0.25, 0.3) is 0 Å². The van der Waals surface area contributed by atoms with Gasteiger partial charge in [-0.2, -0.15) is 0 Å². The SMILES string of the molecule is CCCCCCCCCCCCS(=O)[O-].CCCCCCCCCCCCS(=O)[O-].[Na+].[Na+]. The van der Waals surface area contributed by atoms with E-state index in [-0.39, 0.29) is 59.1 Å². The Balaban J connectivity index is -0.000000231. The molecule has 0 fully saturated rings. The monoisotopic (exact) mass is 512 g/mol. The van der Waals surface area contributed by atoms with Crippen molar-refractivity contribution in [1.82, 2.24) is 0 Å². The van der Waals surface area contributed by atoms with Gasteiger partial charge in [0.05, 0.1) is 0 Å². The second-order valence-electron chi connectivity index (χ2n) is 8.38. The van der Waals surface area contributed by atoms with E-state index in [1.165, 1.54) is 103 Å². The Morgan fingerprint density at radius 2 is 0.594 bits per heavy atom. The Labute approximate surface area is 250 Å². The van der Waals surface area contributed by atoms with E-state index in [4.69, 9.17) is 0 Å². The summed E-state index contributed by atoms with van der Waals surface area (Å²) in [5.74, 6) is 0.688. The Hall–Kier alpha value is 2.22. The average molecular weight is 513 g/mol. The first-order valence-electron chi connectivity index (χ1n) is 12.7. The molecule has 0 aromatic carbocycles. The fourth-order valence-electron chi connectivity index (χ4n) is 3.41. The van der Waals surface area contributed by atoms with E-state index in [0.717, 1.165) is 25.7 Å². The largest absolute Gasteiger partial charge is 1.00 e. The van der Waals surface area contributed by atoms with Crippen LogP contribution >= 0.6 is 0 Å². The van der Waals surface area contributed by atoms with E-state index in [2.05, 4.69) is 13.8 Å². The molecular weight excluding hydrogens is 462 g/mol. The first-order chi connectivity index (χ1) is 14.5. The minimum atomic E-state index is -1.83. The van der Waals surface area contributed by atoms with Crippen molar-refractivity contribution in [3.63, 3.8) is 0 Å². The second kappa shape index (κ2) is 37.8. The smallest absolute Gasteiger partial charge is 0.772 e. The van der Waals surface area contributed by atoms with Gasteiger partial charge in [-0.15, -0.1) is 0 Å². The summed E-state index contributed by atoms with van der Waals surface area (Å²) in [6.45, 7) is 4.47. The third kappa shape index (κ3) is 45.7. The molecule has 0 rings (SSSR count). The number of hydrogen-bond donors (Lipinski definition) is 0. The second-order valence-corrected chi connectivity index (χ2v) is 10.4. The average Bonchev–Trinajstić information content (AvgIpc) is 2.71. The summed E-state index contributed by atoms with van der Waals surface area (Å²) in [4.78, 5) is 0. The molecule has 0 aliphatic carbocycles. The van der Waals surface area contributed by atoms with Crippen molar-refractivity contribution >= 4 is 22.2 Å². The molecule has 0 spiro atoms. The molecule has 0 N–H and O–H groups in total. The van der Waals surface area contributed by atoms with Gasteiger partial charge in [0.25, 0.3) is 0 Å². The van der Waals surface area contributed by atoms with Crippen LogP contribution in [-0.4, -0.2) is 29.0 Å². The van der Waals surface area contributed by atoms with Crippen LogP contribution < -0.4 is 59.1 Å². The molecule has 0 aromatic rings. The number of unbranched alkanes of at least 4 members (excludes halogenated alkanes) is 18. The van der Waals surface area contributed by atoms with Gasteiger partial charge in [0.2, 0.25) is 0 Å². The van der Waals surface area contributed by atoms with Crippen LogP contribution in [0.15, 0.2) is 0 Å². The molecule has 0 aromatic heterocycles. The summed E-state index contributed by atoms with van der Waals surface area (Å²) < 4.78 is 40.9. The van der Waals surface area contributed by atoms with Gasteiger partial charge in [-0.1, -0.05) is 152 Å². The van der Waals surface area contributed by atoms with E-state index in [0.29, 0.717) is 11.5 Å². The molecular formula is C24H50Na2O4S2. The normalized spacial score (nSPS) is 12.1. The van der Waals surface area contributed by atoms with Gasteiger partial charge in [0.1, 0.15) is 0 Å². The first-order valence-corrected chi connectivity index (χ1v) is 15.1. The zero-order valence-electron chi connectivity index (χ0n) is 22.0. The van der Waals surface area contributed by atoms with Crippen LogP contribution in [0.5, 0.6) is 0 Å². The van der Waals surface area contributed by atoms with Crippen LogP contribution in [-0.2, 0) is 22.2 Å². The summed E-state index contributed by atoms with van der Waals surface area (Å²) in [5.41, 5.74) is 0. The van der Waals surface area contributed by atoms with Gasteiger partial charge in [-0.05, 0) is 12.8 Å². The van der Waals surface area contributed by atoms with Crippen molar-refractivity contribution in [2.75, 3.05) is 11.5 Å². The third-order valence-electron chi connectivity index (χ3n) is 5.33. The molecule has 0 aliphatic heterocycles. The van der Waals surface area contributed by atoms with E-state index in [1.54, 1.807) is 0 Å². The Morgan fingerprint density at radius 1 is 0.406 bits per heavy atom. The maximum absolute atomic E-state index is 10.2. The maximum atomic E-state index is 10.2. The topological polar surface area (TPSA) is 80.3 Å². The van der Waals surface area contributed by atoms with Crippen molar-refractivity contribution in [1.29, 1.82) is 0 Å². The number of hydrogen-bond acceptors (Lipinski definition) is 4. The summed E-state index contributed by atoms with van der Waals surface area (Å²) in [7, 11) is 0. The molecule has 0 saturated carbocycles. The van der Waals surface area contributed by atoms with Crippen LogP contribution in [0, 0.1) is 0 Å². The van der Waals surface area contributed by atoms with Gasteiger partial charge >= 0.3 is 59.1 Å². The predicted octanol–water partition coefficient (Wildman–Crippen LogP) is 1.58. The quantitative estimate of drug-likeness (QED) is 0.125. The van der Waals surface area contributed by atoms with Crippen LogP contribution in [0.2, 0.25) is 0 Å². The summed E-state index contributed by atoms with van der Waals surface area (Å²) in [6.07, 6.45) is 25.0. The molecule has 0 heterocycles. The number of rotatable bonds is 22. The van der Waals surface area contributed by atoms with E-state index in [1.807, 2.05) is 0 Å². The summed E-state index contributed by atoms with van der Waals surface area (Å²) in [5, 5.41) is 0. The summed E-state index contributed by atoms with van der Waals surface area (Å²) >= 11 is -3.66. The Morgan fingerprint density at radius 3 is 0.781 bits per heavy atom. The molecule has 2 unspecified atom stereocenters. The molecule has 184 valence electrons. The van der Waals surface area contributed by atoms with Crippen molar-refractivity contribution in [2.24, 2.45) is 0 Å². The zero-order valence-corrected chi connectivity index (χ0v) is 27.6. The maximum Gasteiger partial charge on any atom is 1.00 e. The molecule has 8 heteroatoms. The summed E-state index contributed by atoms with van der Waals surface area (Å²) in [6, 6.07) is 0. The molecule has 0 amide bonds. The molecule has 32 heavy (non-hydrogen) atoms. The first kappa shape index (κ1) is 41.4. The van der Waals surface area contributed by atoms with Gasteiger partial charge in [0.15, 0.2) is 0 Å². The van der Waals surface area contributed by atoms with E-state index < -0.39 is 22.2 Å². The molecule has 4 nitrogen and oxygen atoms in total. The zero-order chi connectivity index (χ0) is 22.7. The van der Waals surface area contributed by atoms with Crippen LogP contribution in [0.3, 0.4) is 0 Å². The standard InChI is InChI=1S/2C12H26O2S.2Na/c2*1-2-3-4-5-6-7-8-9-10-11-12-15(13)14;;/h2*2-12H2,1H3,(H,13,14);;/q;;2*+1/p-2. The molecule has 0 aliphatic rings. The molecule has 0 saturated heterocycles. The van der Waals surface area contributed by atoms with Crippen molar-refractivity contribution in [3.8, 4) is 0 Å². The minimum absolute atomic E-state index is 0. The van der Waals surface area contributed by atoms with Crippen LogP contribution in [0.4, 0.5) is 0 Å². The van der Waals surface area contributed by atoms with Crippen LogP contribution in [0.1, 0.15) is 142 Å². The predicted molar refractivity (Wildman–Crippen MR) is 131 cm³/mol. The Kier molecular flexibility index (Phi) is 48.8. The molecule has 2 atom stereocenters. The minimum Gasteiger partial charge on any atom is -0.772 e. The van der Waals surface area contributed by atoms with Gasteiger partial charge in [-0.3, -0.25) is 8.42 Å². The van der Waals surface area contributed by atoms with E-state index >= 15 is 0 Å². The van der Waals surface area contributed by atoms with Gasteiger partial charge < -0.3 is 9.11 Å². The van der Waals surface area contributed by atoms with Gasteiger partial charge in [0, 0.05) is 11.5 Å².